The van der Waals surface area contributed by atoms with Gasteiger partial charge in [-0.3, -0.25) is 9.52 Å². The number of rotatable bonds is 6. The van der Waals surface area contributed by atoms with E-state index < -0.39 is 20.0 Å². The number of amides is 1. The van der Waals surface area contributed by atoms with Crippen LogP contribution in [0.15, 0.2) is 58.3 Å². The summed E-state index contributed by atoms with van der Waals surface area (Å²) in [7, 11) is -4.87. The Morgan fingerprint density at radius 2 is 1.43 bits per heavy atom. The third-order valence-electron chi connectivity index (χ3n) is 4.96. The van der Waals surface area contributed by atoms with Gasteiger partial charge in [-0.15, -0.1) is 0 Å². The van der Waals surface area contributed by atoms with Crippen LogP contribution in [0.3, 0.4) is 0 Å². The number of sulfonamides is 2. The molecule has 0 aliphatic carbocycles. The summed E-state index contributed by atoms with van der Waals surface area (Å²) in [6, 6.07) is 11.4. The smallest absolute Gasteiger partial charge is 0.261 e. The Morgan fingerprint density at radius 3 is 2.03 bits per heavy atom. The zero-order valence-electron chi connectivity index (χ0n) is 16.9. The van der Waals surface area contributed by atoms with Gasteiger partial charge in [0.2, 0.25) is 10.0 Å². The standard InChI is InChI=1S/C20H25N3O5S2/c1-22(2)30(27,28)17-12-10-16(11-13-17)29(25,26)21-19-9-5-4-8-18(19)20(24)23-14-6-3-7-15-23/h4-5,8-13,21H,3,6-7,14-15H2,1-2H3. The Morgan fingerprint density at radius 1 is 0.867 bits per heavy atom. The van der Waals surface area contributed by atoms with Crippen LogP contribution in [0.4, 0.5) is 5.69 Å². The first kappa shape index (κ1) is 22.3. The van der Waals surface area contributed by atoms with E-state index in [1.165, 1.54) is 38.4 Å². The summed E-state index contributed by atoms with van der Waals surface area (Å²) in [5.74, 6) is -0.208. The third-order valence-corrected chi connectivity index (χ3v) is 8.17. The quantitative estimate of drug-likeness (QED) is 0.726. The van der Waals surface area contributed by atoms with Gasteiger partial charge in [-0.25, -0.2) is 21.1 Å². The number of anilines is 1. The summed E-state index contributed by atoms with van der Waals surface area (Å²) in [5, 5.41) is 0. The van der Waals surface area contributed by atoms with Gasteiger partial charge in [-0.1, -0.05) is 12.1 Å². The number of benzene rings is 2. The van der Waals surface area contributed by atoms with Crippen LogP contribution in [0.5, 0.6) is 0 Å². The Hall–Kier alpha value is -2.43. The molecule has 2 aromatic rings. The van der Waals surface area contributed by atoms with Gasteiger partial charge in [0.05, 0.1) is 21.0 Å². The lowest BCUT2D eigenvalue weighted by molar-refractivity contribution is 0.0725. The van der Waals surface area contributed by atoms with Crippen LogP contribution in [0, 0.1) is 0 Å². The van der Waals surface area contributed by atoms with E-state index in [-0.39, 0.29) is 26.9 Å². The fourth-order valence-corrected chi connectivity index (χ4v) is 5.21. The van der Waals surface area contributed by atoms with Gasteiger partial charge in [0.1, 0.15) is 0 Å². The first-order chi connectivity index (χ1) is 14.1. The fourth-order valence-electron chi connectivity index (χ4n) is 3.23. The lowest BCUT2D eigenvalue weighted by Crippen LogP contribution is -2.36. The third kappa shape index (κ3) is 4.66. The molecule has 0 aromatic heterocycles. The van der Waals surface area contributed by atoms with Crippen molar-refractivity contribution in [3.8, 4) is 0 Å². The van der Waals surface area contributed by atoms with E-state index in [1.807, 2.05) is 0 Å². The highest BCUT2D eigenvalue weighted by Crippen LogP contribution is 2.24. The summed E-state index contributed by atoms with van der Waals surface area (Å²) in [6.07, 6.45) is 2.95. The molecular weight excluding hydrogens is 426 g/mol. The number of hydrogen-bond acceptors (Lipinski definition) is 5. The molecule has 8 nitrogen and oxygen atoms in total. The van der Waals surface area contributed by atoms with Crippen LogP contribution in [0.2, 0.25) is 0 Å². The van der Waals surface area contributed by atoms with Gasteiger partial charge in [0.25, 0.3) is 15.9 Å². The molecule has 30 heavy (non-hydrogen) atoms. The summed E-state index contributed by atoms with van der Waals surface area (Å²) in [4.78, 5) is 14.5. The molecular formula is C20H25N3O5S2. The van der Waals surface area contributed by atoms with Crippen molar-refractivity contribution in [3.63, 3.8) is 0 Å². The predicted octanol–water partition coefficient (Wildman–Crippen LogP) is 2.36. The van der Waals surface area contributed by atoms with Crippen LogP contribution in [-0.2, 0) is 20.0 Å². The predicted molar refractivity (Wildman–Crippen MR) is 114 cm³/mol. The molecule has 1 fully saturated rings. The average Bonchev–Trinajstić information content (AvgIpc) is 2.74. The molecule has 0 saturated carbocycles. The highest BCUT2D eigenvalue weighted by Gasteiger charge is 2.24. The van der Waals surface area contributed by atoms with Gasteiger partial charge in [0.15, 0.2) is 0 Å². The number of para-hydroxylation sites is 1. The average molecular weight is 452 g/mol. The maximum atomic E-state index is 12.9. The second-order valence-corrected chi connectivity index (χ2v) is 11.1. The monoisotopic (exact) mass is 451 g/mol. The molecule has 0 atom stereocenters. The Kier molecular flexibility index (Phi) is 6.49. The van der Waals surface area contributed by atoms with Crippen molar-refractivity contribution in [2.45, 2.75) is 29.1 Å². The number of likely N-dealkylation sites (tertiary alicyclic amines) is 1. The Bertz CT molecular complexity index is 1120. The van der Waals surface area contributed by atoms with Crippen LogP contribution in [-0.4, -0.2) is 59.1 Å². The zero-order chi connectivity index (χ0) is 21.9. The molecule has 162 valence electrons. The molecule has 0 radical (unpaired) electrons. The van der Waals surface area contributed by atoms with Crippen molar-refractivity contribution in [1.82, 2.24) is 9.21 Å². The van der Waals surface area contributed by atoms with Crippen LogP contribution in [0.25, 0.3) is 0 Å². The highest BCUT2D eigenvalue weighted by molar-refractivity contribution is 7.92. The Balaban J connectivity index is 1.86. The summed E-state index contributed by atoms with van der Waals surface area (Å²) in [6.45, 7) is 1.31. The SMILES string of the molecule is CN(C)S(=O)(=O)c1ccc(S(=O)(=O)Nc2ccccc2C(=O)N2CCCCC2)cc1. The summed E-state index contributed by atoms with van der Waals surface area (Å²) < 4.78 is 53.6. The van der Waals surface area contributed by atoms with Crippen molar-refractivity contribution in [3.05, 3.63) is 54.1 Å². The minimum Gasteiger partial charge on any atom is -0.339 e. The zero-order valence-corrected chi connectivity index (χ0v) is 18.5. The maximum Gasteiger partial charge on any atom is 0.261 e. The van der Waals surface area contributed by atoms with Gasteiger partial charge < -0.3 is 4.90 Å². The van der Waals surface area contributed by atoms with Crippen LogP contribution < -0.4 is 4.72 Å². The number of carbonyl (C=O) groups excluding carboxylic acids is 1. The number of nitrogens with zero attached hydrogens (tertiary/aromatic N) is 2. The Labute approximate surface area is 177 Å². The molecule has 2 aromatic carbocycles. The first-order valence-corrected chi connectivity index (χ1v) is 12.5. The van der Waals surface area contributed by atoms with Crippen molar-refractivity contribution in [2.75, 3.05) is 31.9 Å². The van der Waals surface area contributed by atoms with E-state index in [1.54, 1.807) is 29.2 Å². The second kappa shape index (κ2) is 8.75. The van der Waals surface area contributed by atoms with E-state index in [2.05, 4.69) is 4.72 Å². The number of nitrogens with one attached hydrogen (secondary N) is 1. The number of carbonyl (C=O) groups is 1. The number of hydrogen-bond donors (Lipinski definition) is 1. The molecule has 3 rings (SSSR count). The normalized spacial score (nSPS) is 15.2. The summed E-state index contributed by atoms with van der Waals surface area (Å²) in [5.41, 5.74) is 0.479. The molecule has 1 N–H and O–H groups in total. The molecule has 1 amide bonds. The number of piperidine rings is 1. The van der Waals surface area contributed by atoms with E-state index in [9.17, 15) is 21.6 Å². The topological polar surface area (TPSA) is 104 Å². The van der Waals surface area contributed by atoms with Gasteiger partial charge in [0, 0.05) is 27.2 Å². The van der Waals surface area contributed by atoms with Gasteiger partial charge in [-0.05, 0) is 55.7 Å². The van der Waals surface area contributed by atoms with Crippen molar-refractivity contribution in [1.29, 1.82) is 0 Å². The lowest BCUT2D eigenvalue weighted by atomic mass is 10.1. The summed E-state index contributed by atoms with van der Waals surface area (Å²) >= 11 is 0. The second-order valence-electron chi connectivity index (χ2n) is 7.26. The minimum absolute atomic E-state index is 0.00729. The van der Waals surface area contributed by atoms with Gasteiger partial charge >= 0.3 is 0 Å². The van der Waals surface area contributed by atoms with Crippen LogP contribution in [0.1, 0.15) is 29.6 Å². The molecule has 1 aliphatic rings. The fraction of sp³-hybridized carbons (Fsp3) is 0.350. The maximum absolute atomic E-state index is 12.9. The molecule has 0 unspecified atom stereocenters. The van der Waals surface area contributed by atoms with E-state index in [4.69, 9.17) is 0 Å². The molecule has 1 aliphatic heterocycles. The van der Waals surface area contributed by atoms with Crippen molar-refractivity contribution < 1.29 is 21.6 Å². The van der Waals surface area contributed by atoms with Gasteiger partial charge in [-0.2, -0.15) is 0 Å². The molecule has 10 heteroatoms. The minimum atomic E-state index is -4.01. The van der Waals surface area contributed by atoms with Crippen molar-refractivity contribution >= 4 is 31.6 Å². The molecule has 1 heterocycles. The highest BCUT2D eigenvalue weighted by atomic mass is 32.2. The van der Waals surface area contributed by atoms with Crippen LogP contribution >= 0.6 is 0 Å². The molecule has 0 bridgehead atoms. The molecule has 1 saturated heterocycles. The van der Waals surface area contributed by atoms with E-state index >= 15 is 0 Å². The van der Waals surface area contributed by atoms with E-state index in [0.717, 1.165) is 23.6 Å². The molecule has 0 spiro atoms. The lowest BCUT2D eigenvalue weighted by Gasteiger charge is -2.27. The van der Waals surface area contributed by atoms with Crippen molar-refractivity contribution in [2.24, 2.45) is 0 Å². The first-order valence-electron chi connectivity index (χ1n) is 9.56. The largest absolute Gasteiger partial charge is 0.339 e. The van der Waals surface area contributed by atoms with E-state index in [0.29, 0.717) is 13.1 Å².